The third kappa shape index (κ3) is 11.0. The number of ether oxygens (including phenoxy) is 4. The molecule has 3 aromatic rings. The molecule has 0 saturated heterocycles. The number of carbonyl (C=O) groups is 2. The largest absolute Gasteiger partial charge is 0.474 e. The third-order valence-electron chi connectivity index (χ3n) is 6.95. The maximum Gasteiger partial charge on any atom is 0.426 e. The highest BCUT2D eigenvalue weighted by atomic mass is 19.4. The van der Waals surface area contributed by atoms with Crippen LogP contribution in [0.25, 0.3) is 11.6 Å². The summed E-state index contributed by atoms with van der Waals surface area (Å²) < 4.78 is 116. The predicted molar refractivity (Wildman–Crippen MR) is 181 cm³/mol. The van der Waals surface area contributed by atoms with Crippen molar-refractivity contribution in [1.29, 1.82) is 0 Å². The fraction of sp³-hybridized carbons (Fsp3) is 0.472. The first-order valence-corrected chi connectivity index (χ1v) is 16.3. The van der Waals surface area contributed by atoms with Gasteiger partial charge in [0.2, 0.25) is 11.5 Å². The molecule has 2 atom stereocenters. The van der Waals surface area contributed by atoms with Crippen LogP contribution in [0.4, 0.5) is 41.6 Å². The van der Waals surface area contributed by atoms with Crippen LogP contribution < -0.4 is 9.64 Å². The minimum atomic E-state index is -5.22. The molecular formula is C36H42F6N4O7. The van der Waals surface area contributed by atoms with Gasteiger partial charge in [0.05, 0.1) is 18.4 Å². The highest BCUT2D eigenvalue weighted by molar-refractivity contribution is 6.11. The van der Waals surface area contributed by atoms with E-state index < -0.39 is 95.1 Å². The minimum absolute atomic E-state index is 0.107. The Labute approximate surface area is 303 Å². The van der Waals surface area contributed by atoms with E-state index in [1.54, 1.807) is 18.2 Å². The summed E-state index contributed by atoms with van der Waals surface area (Å²) in [6.45, 7) is 16.4. The molecule has 0 radical (unpaired) electrons. The highest BCUT2D eigenvalue weighted by Gasteiger charge is 2.61. The minimum Gasteiger partial charge on any atom is -0.474 e. The van der Waals surface area contributed by atoms with E-state index in [-0.39, 0.29) is 11.3 Å². The standard InChI is InChI=1S/C36H42F6N4O7/c1-10-12-16-22(3)50-27-24(35(37,38)39)20-25(46(30(47)52-32(4,5)6)31(48)53-33(7,8)9)26(43-27)28-44-45-29(51-28)34(19-11-2,36(40,41)42)49-21-23-17-14-13-15-18-23/h10-11,13-15,17-18,20,22H,1-2,12,16,19,21H2,3-9H3/t22-,34?/m1/s1. The quantitative estimate of drug-likeness (QED) is 0.123. The van der Waals surface area contributed by atoms with E-state index in [0.29, 0.717) is 18.1 Å². The molecule has 0 N–H and O–H groups in total. The number of pyridine rings is 1. The number of allylic oxidation sites excluding steroid dienone is 1. The molecule has 1 aromatic carbocycles. The number of imide groups is 1. The molecule has 0 spiro atoms. The summed E-state index contributed by atoms with van der Waals surface area (Å²) in [6.07, 6.45) is -12.3. The molecule has 2 heterocycles. The van der Waals surface area contributed by atoms with Crippen molar-refractivity contribution < 1.29 is 59.3 Å². The Kier molecular flexibility index (Phi) is 13.1. The van der Waals surface area contributed by atoms with Gasteiger partial charge in [0.15, 0.2) is 5.69 Å². The van der Waals surface area contributed by atoms with Crippen molar-refractivity contribution in [2.75, 3.05) is 4.90 Å². The van der Waals surface area contributed by atoms with Gasteiger partial charge in [0.25, 0.3) is 11.8 Å². The molecule has 0 aliphatic heterocycles. The number of benzene rings is 1. The van der Waals surface area contributed by atoms with Crippen LogP contribution in [0.2, 0.25) is 0 Å². The number of alkyl halides is 6. The molecule has 53 heavy (non-hydrogen) atoms. The van der Waals surface area contributed by atoms with Crippen LogP contribution in [0.15, 0.2) is 66.1 Å². The molecule has 17 heteroatoms. The van der Waals surface area contributed by atoms with Crippen LogP contribution in [-0.2, 0) is 32.6 Å². The van der Waals surface area contributed by atoms with E-state index in [1.165, 1.54) is 66.7 Å². The molecule has 2 amide bonds. The van der Waals surface area contributed by atoms with Crippen molar-refractivity contribution in [2.45, 2.75) is 110 Å². The molecule has 0 aliphatic carbocycles. The number of rotatable bonds is 13. The zero-order valence-corrected chi connectivity index (χ0v) is 30.4. The zero-order chi connectivity index (χ0) is 40.0. The molecule has 290 valence electrons. The van der Waals surface area contributed by atoms with Gasteiger partial charge in [0, 0.05) is 6.42 Å². The second kappa shape index (κ2) is 16.4. The molecule has 11 nitrogen and oxygen atoms in total. The molecule has 0 bridgehead atoms. The van der Waals surface area contributed by atoms with Gasteiger partial charge in [-0.25, -0.2) is 14.6 Å². The summed E-state index contributed by atoms with van der Waals surface area (Å²) in [6, 6.07) is 8.20. The zero-order valence-electron chi connectivity index (χ0n) is 30.4. The van der Waals surface area contributed by atoms with Crippen LogP contribution in [-0.4, -0.2) is 50.9 Å². The van der Waals surface area contributed by atoms with Crippen LogP contribution in [0.5, 0.6) is 5.88 Å². The van der Waals surface area contributed by atoms with Gasteiger partial charge in [-0.1, -0.05) is 42.5 Å². The SMILES string of the molecule is C=CCC[C@@H](C)Oc1nc(-c2nnc(C(CC=C)(OCc3ccccc3)C(F)(F)F)o2)c(N(C(=O)OC(C)(C)C)C(=O)OC(C)(C)C)cc1C(F)(F)F. The van der Waals surface area contributed by atoms with Gasteiger partial charge >= 0.3 is 24.5 Å². The monoisotopic (exact) mass is 756 g/mol. The lowest BCUT2D eigenvalue weighted by atomic mass is 9.98. The third-order valence-corrected chi connectivity index (χ3v) is 6.95. The molecule has 2 aromatic heterocycles. The summed E-state index contributed by atoms with van der Waals surface area (Å²) in [5.74, 6) is -3.17. The molecule has 3 rings (SSSR count). The number of hydrogen-bond donors (Lipinski definition) is 0. The smallest absolute Gasteiger partial charge is 0.426 e. The summed E-state index contributed by atoms with van der Waals surface area (Å²) in [7, 11) is 0. The fourth-order valence-corrected chi connectivity index (χ4v) is 4.59. The number of amides is 2. The number of hydrogen-bond acceptors (Lipinski definition) is 10. The van der Waals surface area contributed by atoms with E-state index in [1.807, 2.05) is 0 Å². The Balaban J connectivity index is 2.41. The normalized spacial score (nSPS) is 14.1. The van der Waals surface area contributed by atoms with Gasteiger partial charge in [-0.05, 0) is 72.9 Å². The summed E-state index contributed by atoms with van der Waals surface area (Å²) in [5.41, 5.74) is -8.93. The Morgan fingerprint density at radius 3 is 1.98 bits per heavy atom. The Morgan fingerprint density at radius 2 is 1.49 bits per heavy atom. The average molecular weight is 757 g/mol. The average Bonchev–Trinajstić information content (AvgIpc) is 3.50. The molecule has 1 unspecified atom stereocenters. The van der Waals surface area contributed by atoms with Crippen LogP contribution in [0.3, 0.4) is 0 Å². The predicted octanol–water partition coefficient (Wildman–Crippen LogP) is 10.1. The lowest BCUT2D eigenvalue weighted by Crippen LogP contribution is -2.45. The first kappa shape index (κ1) is 42.5. The van der Waals surface area contributed by atoms with E-state index in [9.17, 15) is 35.9 Å². The van der Waals surface area contributed by atoms with Crippen LogP contribution >= 0.6 is 0 Å². The van der Waals surface area contributed by atoms with Crippen molar-refractivity contribution in [3.8, 4) is 17.5 Å². The van der Waals surface area contributed by atoms with Gasteiger partial charge < -0.3 is 23.4 Å². The van der Waals surface area contributed by atoms with Gasteiger partial charge in [0.1, 0.15) is 16.8 Å². The lowest BCUT2D eigenvalue weighted by molar-refractivity contribution is -0.295. The van der Waals surface area contributed by atoms with E-state index in [0.717, 1.165) is 6.08 Å². The molecule has 0 fully saturated rings. The summed E-state index contributed by atoms with van der Waals surface area (Å²) in [4.78, 5) is 31.3. The van der Waals surface area contributed by atoms with E-state index in [2.05, 4.69) is 28.3 Å². The summed E-state index contributed by atoms with van der Waals surface area (Å²) >= 11 is 0. The first-order valence-electron chi connectivity index (χ1n) is 16.3. The molecule has 0 saturated carbocycles. The van der Waals surface area contributed by atoms with Crippen LogP contribution in [0, 0.1) is 0 Å². The molecule has 0 aliphatic rings. The van der Waals surface area contributed by atoms with Crippen LogP contribution in [0.1, 0.15) is 84.7 Å². The maximum atomic E-state index is 15.0. The highest BCUT2D eigenvalue weighted by Crippen LogP contribution is 2.47. The van der Waals surface area contributed by atoms with E-state index >= 15 is 0 Å². The van der Waals surface area contributed by atoms with Crippen molar-refractivity contribution in [3.05, 3.63) is 78.7 Å². The van der Waals surface area contributed by atoms with Crippen molar-refractivity contribution in [1.82, 2.24) is 15.2 Å². The Bertz CT molecular complexity index is 1720. The number of nitrogens with zero attached hydrogens (tertiary/aromatic N) is 4. The number of aromatic nitrogens is 3. The van der Waals surface area contributed by atoms with Gasteiger partial charge in [-0.3, -0.25) is 0 Å². The topological polar surface area (TPSA) is 126 Å². The summed E-state index contributed by atoms with van der Waals surface area (Å²) in [5, 5.41) is 7.30. The maximum absolute atomic E-state index is 15.0. The second-order valence-corrected chi connectivity index (χ2v) is 13.8. The van der Waals surface area contributed by atoms with Crippen molar-refractivity contribution in [3.63, 3.8) is 0 Å². The number of carbonyl (C=O) groups excluding carboxylic acids is 2. The van der Waals surface area contributed by atoms with Gasteiger partial charge in [-0.2, -0.15) is 31.2 Å². The Morgan fingerprint density at radius 1 is 0.906 bits per heavy atom. The second-order valence-electron chi connectivity index (χ2n) is 13.8. The Hall–Kier alpha value is -4.93. The van der Waals surface area contributed by atoms with Crippen molar-refractivity contribution in [2.24, 2.45) is 0 Å². The fourth-order valence-electron chi connectivity index (χ4n) is 4.59. The lowest BCUT2D eigenvalue weighted by Gasteiger charge is -2.31. The van der Waals surface area contributed by atoms with Gasteiger partial charge in [-0.15, -0.1) is 23.4 Å². The first-order chi connectivity index (χ1) is 24.4. The van der Waals surface area contributed by atoms with Crippen molar-refractivity contribution >= 4 is 17.9 Å². The van der Waals surface area contributed by atoms with E-state index in [4.69, 9.17) is 23.4 Å². The molecular weight excluding hydrogens is 714 g/mol. The number of anilines is 1. The number of halogens is 6.